The molecule has 0 amide bonds. The van der Waals surface area contributed by atoms with E-state index in [-0.39, 0.29) is 6.10 Å². The number of anilines is 1. The van der Waals surface area contributed by atoms with E-state index in [1.54, 1.807) is 12.4 Å². The first-order valence-corrected chi connectivity index (χ1v) is 7.43. The molecule has 21 heavy (non-hydrogen) atoms. The van der Waals surface area contributed by atoms with Crippen LogP contribution in [0.5, 0.6) is 5.75 Å². The van der Waals surface area contributed by atoms with E-state index >= 15 is 0 Å². The van der Waals surface area contributed by atoms with Gasteiger partial charge in [0.25, 0.3) is 0 Å². The SMILES string of the molecule is CC(C)Oc1cc(CNc2nc[c]cn2)cc(C2CC2)c1. The lowest BCUT2D eigenvalue weighted by Gasteiger charge is -2.14. The molecule has 2 aromatic rings. The molecular weight excluding hydrogens is 262 g/mol. The molecule has 4 heteroatoms. The summed E-state index contributed by atoms with van der Waals surface area (Å²) in [5.74, 6) is 2.28. The van der Waals surface area contributed by atoms with Gasteiger partial charge >= 0.3 is 0 Å². The maximum atomic E-state index is 5.86. The quantitative estimate of drug-likeness (QED) is 0.880. The molecule has 1 fully saturated rings. The normalized spacial score (nSPS) is 14.2. The van der Waals surface area contributed by atoms with E-state index in [4.69, 9.17) is 4.74 Å². The van der Waals surface area contributed by atoms with Crippen LogP contribution in [0.4, 0.5) is 5.95 Å². The molecule has 1 saturated carbocycles. The van der Waals surface area contributed by atoms with Crippen molar-refractivity contribution in [2.75, 3.05) is 5.32 Å². The van der Waals surface area contributed by atoms with Crippen LogP contribution in [0.25, 0.3) is 0 Å². The molecule has 1 aromatic carbocycles. The summed E-state index contributed by atoms with van der Waals surface area (Å²) in [5, 5.41) is 3.23. The zero-order valence-electron chi connectivity index (χ0n) is 12.5. The van der Waals surface area contributed by atoms with Crippen LogP contribution in [0.15, 0.2) is 30.6 Å². The van der Waals surface area contributed by atoms with E-state index in [1.165, 1.54) is 24.0 Å². The predicted molar refractivity (Wildman–Crippen MR) is 82.4 cm³/mol. The fourth-order valence-corrected chi connectivity index (χ4v) is 2.32. The number of rotatable bonds is 6. The summed E-state index contributed by atoms with van der Waals surface area (Å²) in [6, 6.07) is 9.34. The largest absolute Gasteiger partial charge is 0.491 e. The molecule has 0 bridgehead atoms. The fourth-order valence-electron chi connectivity index (χ4n) is 2.32. The second-order valence-corrected chi connectivity index (χ2v) is 5.71. The molecule has 1 radical (unpaired) electrons. The van der Waals surface area contributed by atoms with Crippen molar-refractivity contribution in [1.82, 2.24) is 9.97 Å². The first kappa shape index (κ1) is 13.9. The molecule has 1 aromatic heterocycles. The highest BCUT2D eigenvalue weighted by Gasteiger charge is 2.24. The van der Waals surface area contributed by atoms with E-state index in [0.717, 1.165) is 5.75 Å². The standard InChI is InChI=1S/C17H20N3O/c1-12(2)21-16-9-13(8-15(10-16)14-4-5-14)11-20-17-18-6-3-7-19-17/h6-10,12,14H,4-5,11H2,1-2H3,(H,18,19,20). The monoisotopic (exact) mass is 282 g/mol. The predicted octanol–water partition coefficient (Wildman–Crippen LogP) is 3.55. The second kappa shape index (κ2) is 6.12. The van der Waals surface area contributed by atoms with Gasteiger partial charge in [-0.1, -0.05) is 6.07 Å². The molecule has 0 saturated heterocycles. The maximum absolute atomic E-state index is 5.86. The third-order valence-electron chi connectivity index (χ3n) is 3.38. The van der Waals surface area contributed by atoms with Crippen LogP contribution in [0.2, 0.25) is 0 Å². The van der Waals surface area contributed by atoms with E-state index in [2.05, 4.69) is 53.4 Å². The van der Waals surface area contributed by atoms with Crippen molar-refractivity contribution in [2.45, 2.75) is 45.3 Å². The van der Waals surface area contributed by atoms with Crippen molar-refractivity contribution in [2.24, 2.45) is 0 Å². The van der Waals surface area contributed by atoms with Gasteiger partial charge in [-0.05, 0) is 55.9 Å². The summed E-state index contributed by atoms with van der Waals surface area (Å²) in [6.45, 7) is 4.80. The number of nitrogens with one attached hydrogen (secondary N) is 1. The highest BCUT2D eigenvalue weighted by molar-refractivity contribution is 5.39. The number of nitrogens with zero attached hydrogens (tertiary/aromatic N) is 2. The van der Waals surface area contributed by atoms with Crippen LogP contribution >= 0.6 is 0 Å². The van der Waals surface area contributed by atoms with E-state index in [1.807, 2.05) is 0 Å². The molecule has 109 valence electrons. The van der Waals surface area contributed by atoms with Gasteiger partial charge in [0.15, 0.2) is 0 Å². The molecule has 3 rings (SSSR count). The molecule has 1 heterocycles. The number of aromatic nitrogens is 2. The van der Waals surface area contributed by atoms with Crippen molar-refractivity contribution in [3.05, 3.63) is 47.8 Å². The summed E-state index contributed by atoms with van der Waals surface area (Å²) < 4.78 is 5.86. The average molecular weight is 282 g/mol. The first-order valence-electron chi connectivity index (χ1n) is 7.43. The zero-order valence-corrected chi connectivity index (χ0v) is 12.5. The van der Waals surface area contributed by atoms with Crippen molar-refractivity contribution < 1.29 is 4.74 Å². The van der Waals surface area contributed by atoms with Crippen LogP contribution in [0.1, 0.15) is 43.7 Å². The van der Waals surface area contributed by atoms with Gasteiger partial charge in [-0.3, -0.25) is 0 Å². The number of hydrogen-bond acceptors (Lipinski definition) is 4. The topological polar surface area (TPSA) is 47.0 Å². The van der Waals surface area contributed by atoms with E-state index in [9.17, 15) is 0 Å². The number of benzene rings is 1. The molecule has 0 unspecified atom stereocenters. The lowest BCUT2D eigenvalue weighted by Crippen LogP contribution is -2.08. The zero-order chi connectivity index (χ0) is 14.7. The lowest BCUT2D eigenvalue weighted by molar-refractivity contribution is 0.242. The summed E-state index contributed by atoms with van der Waals surface area (Å²) in [6.07, 6.45) is 5.99. The molecule has 0 aliphatic heterocycles. The van der Waals surface area contributed by atoms with Gasteiger partial charge in [0.1, 0.15) is 5.75 Å². The van der Waals surface area contributed by atoms with Crippen molar-refractivity contribution >= 4 is 5.95 Å². The molecule has 4 nitrogen and oxygen atoms in total. The van der Waals surface area contributed by atoms with Crippen LogP contribution in [-0.4, -0.2) is 16.1 Å². The minimum Gasteiger partial charge on any atom is -0.491 e. The number of hydrogen-bond donors (Lipinski definition) is 1. The minimum absolute atomic E-state index is 0.188. The highest BCUT2D eigenvalue weighted by Crippen LogP contribution is 2.41. The Labute approximate surface area is 125 Å². The molecular formula is C17H20N3O. The number of ether oxygens (including phenoxy) is 1. The van der Waals surface area contributed by atoms with Gasteiger partial charge in [-0.25, -0.2) is 9.97 Å². The smallest absolute Gasteiger partial charge is 0.222 e. The van der Waals surface area contributed by atoms with Crippen molar-refractivity contribution in [3.63, 3.8) is 0 Å². The van der Waals surface area contributed by atoms with Gasteiger partial charge in [0.05, 0.1) is 6.10 Å². The third kappa shape index (κ3) is 3.94. The molecule has 0 atom stereocenters. The molecule has 1 aliphatic rings. The van der Waals surface area contributed by atoms with Gasteiger partial charge in [-0.15, -0.1) is 0 Å². The Morgan fingerprint density at radius 2 is 2.00 bits per heavy atom. The lowest BCUT2D eigenvalue weighted by atomic mass is 10.1. The van der Waals surface area contributed by atoms with Gasteiger partial charge < -0.3 is 10.1 Å². The Bertz CT molecular complexity index is 594. The van der Waals surface area contributed by atoms with E-state index in [0.29, 0.717) is 18.4 Å². The summed E-state index contributed by atoms with van der Waals surface area (Å²) in [4.78, 5) is 8.25. The van der Waals surface area contributed by atoms with Crippen molar-refractivity contribution in [1.29, 1.82) is 0 Å². The first-order chi connectivity index (χ1) is 10.2. The Morgan fingerprint density at radius 1 is 1.24 bits per heavy atom. The third-order valence-corrected chi connectivity index (χ3v) is 3.38. The van der Waals surface area contributed by atoms with Gasteiger partial charge in [0, 0.05) is 25.0 Å². The highest BCUT2D eigenvalue weighted by atomic mass is 16.5. The van der Waals surface area contributed by atoms with Crippen LogP contribution in [0.3, 0.4) is 0 Å². The Balaban J connectivity index is 1.75. The summed E-state index contributed by atoms with van der Waals surface area (Å²) >= 11 is 0. The minimum atomic E-state index is 0.188. The molecule has 1 aliphatic carbocycles. The second-order valence-electron chi connectivity index (χ2n) is 5.71. The maximum Gasteiger partial charge on any atom is 0.222 e. The van der Waals surface area contributed by atoms with Crippen molar-refractivity contribution in [3.8, 4) is 5.75 Å². The molecule has 0 spiro atoms. The fraction of sp³-hybridized carbons (Fsp3) is 0.412. The Kier molecular flexibility index (Phi) is 4.04. The van der Waals surface area contributed by atoms with Gasteiger partial charge in [0.2, 0.25) is 5.95 Å². The summed E-state index contributed by atoms with van der Waals surface area (Å²) in [5.41, 5.74) is 2.58. The van der Waals surface area contributed by atoms with E-state index < -0.39 is 0 Å². The van der Waals surface area contributed by atoms with Crippen LogP contribution in [-0.2, 0) is 6.54 Å². The van der Waals surface area contributed by atoms with Crippen LogP contribution in [0, 0.1) is 6.07 Å². The Morgan fingerprint density at radius 3 is 2.67 bits per heavy atom. The van der Waals surface area contributed by atoms with Gasteiger partial charge in [-0.2, -0.15) is 0 Å². The summed E-state index contributed by atoms with van der Waals surface area (Å²) in [7, 11) is 0. The Hall–Kier alpha value is -2.10. The average Bonchev–Trinajstić information content (AvgIpc) is 3.30. The van der Waals surface area contributed by atoms with Crippen LogP contribution < -0.4 is 10.1 Å². The molecule has 1 N–H and O–H groups in total.